The largest absolute Gasteiger partial charge is 0.569 e. The maximum Gasteiger partial charge on any atom is 0.314 e. The van der Waals surface area contributed by atoms with Crippen LogP contribution < -0.4 is 4.74 Å². The Balaban J connectivity index is 1.38. The summed E-state index contributed by atoms with van der Waals surface area (Å²) in [6, 6.07) is 7.50. The maximum atomic E-state index is 13.0. The van der Waals surface area contributed by atoms with E-state index in [1.165, 1.54) is 5.01 Å². The van der Waals surface area contributed by atoms with Crippen molar-refractivity contribution >= 4 is 17.6 Å². The van der Waals surface area contributed by atoms with Gasteiger partial charge in [-0.2, -0.15) is 0 Å². The average molecular weight is 503 g/mol. The molecule has 1 saturated carbocycles. The number of aryl methyl sites for hydroxylation is 1. The summed E-state index contributed by atoms with van der Waals surface area (Å²) in [5, 5.41) is 17.8. The highest BCUT2D eigenvalue weighted by molar-refractivity contribution is 6.30. The molecule has 188 valence electrons. The lowest BCUT2D eigenvalue weighted by Crippen LogP contribution is -2.32. The van der Waals surface area contributed by atoms with E-state index in [1.54, 1.807) is 6.20 Å². The molecule has 35 heavy (non-hydrogen) atoms. The number of nitrogens with zero attached hydrogens (tertiary/aromatic N) is 4. The van der Waals surface area contributed by atoms with Crippen LogP contribution in [0.15, 0.2) is 35.7 Å². The number of hydrogen-bond donors (Lipinski definition) is 0. The molecule has 0 N–H and O–H groups in total. The fraction of sp³-hybridized carbons (Fsp3) is 0.520. The second-order valence-electron chi connectivity index (χ2n) is 8.82. The van der Waals surface area contributed by atoms with Crippen molar-refractivity contribution < 1.29 is 24.1 Å². The number of carbonyl (C=O) groups is 1. The van der Waals surface area contributed by atoms with E-state index in [-0.39, 0.29) is 24.1 Å². The second-order valence-corrected chi connectivity index (χ2v) is 9.26. The summed E-state index contributed by atoms with van der Waals surface area (Å²) in [6.45, 7) is 7.03. The summed E-state index contributed by atoms with van der Waals surface area (Å²) >= 11 is 6.02. The summed E-state index contributed by atoms with van der Waals surface area (Å²) in [7, 11) is 0. The van der Waals surface area contributed by atoms with Gasteiger partial charge in [-0.3, -0.25) is 9.78 Å². The first-order valence-electron chi connectivity index (χ1n) is 12.1. The Hall–Kier alpha value is -2.91. The molecule has 0 radical (unpaired) electrons. The molecule has 1 atom stereocenters. The van der Waals surface area contributed by atoms with Crippen LogP contribution in [0.3, 0.4) is 0 Å². The first kappa shape index (κ1) is 25.2. The standard InChI is InChI=1S/C25H31ClN4O5/c1-4-29(5-2)30(32)28-35-20-12-8-18(9-13-20)25(31)34-23-16(3)27-14-21-22(23)15-33-24(21)17-6-10-19(26)11-7-17/h6-7,10-11,14,18,20,24H,4-5,8-9,12-13,15H2,1-3H3/b30-28-/t18?,20?,24-/m0/s1. The predicted octanol–water partition coefficient (Wildman–Crippen LogP) is 5.28. The molecule has 0 unspecified atom stereocenters. The number of fused-ring (bicyclic) bond motifs is 1. The molecule has 0 spiro atoms. The molecule has 4 rings (SSSR count). The fourth-order valence-corrected chi connectivity index (χ4v) is 4.67. The fourth-order valence-electron chi connectivity index (χ4n) is 4.54. The van der Waals surface area contributed by atoms with Gasteiger partial charge in [0.05, 0.1) is 36.3 Å². The third-order valence-corrected chi connectivity index (χ3v) is 6.90. The molecule has 1 fully saturated rings. The monoisotopic (exact) mass is 502 g/mol. The van der Waals surface area contributed by atoms with E-state index in [0.29, 0.717) is 66.8 Å². The van der Waals surface area contributed by atoms with Crippen LogP contribution in [0.1, 0.15) is 68.0 Å². The Kier molecular flexibility index (Phi) is 8.07. The van der Waals surface area contributed by atoms with Gasteiger partial charge in [0.2, 0.25) is 5.28 Å². The molecular formula is C25H31ClN4O5. The molecule has 1 aliphatic heterocycles. The Morgan fingerprint density at radius 3 is 2.57 bits per heavy atom. The van der Waals surface area contributed by atoms with E-state index in [4.69, 9.17) is 25.9 Å². The lowest BCUT2D eigenvalue weighted by molar-refractivity contribution is -0.711. The quantitative estimate of drug-likeness (QED) is 0.209. The molecule has 1 aromatic heterocycles. The number of pyridine rings is 1. The van der Waals surface area contributed by atoms with Gasteiger partial charge < -0.3 is 19.5 Å². The number of hydrogen-bond acceptors (Lipinski definition) is 7. The normalized spacial score (nSPS) is 21.9. The molecule has 10 heteroatoms. The number of carbonyl (C=O) groups excluding carboxylic acids is 1. The molecule has 2 aliphatic rings. The van der Waals surface area contributed by atoms with Crippen molar-refractivity contribution in [2.75, 3.05) is 13.1 Å². The van der Waals surface area contributed by atoms with Crippen molar-refractivity contribution in [2.45, 2.75) is 65.3 Å². The van der Waals surface area contributed by atoms with Gasteiger partial charge in [0.15, 0.2) is 5.75 Å². The van der Waals surface area contributed by atoms with Crippen LogP contribution in [-0.4, -0.2) is 40.1 Å². The van der Waals surface area contributed by atoms with Gasteiger partial charge in [0.1, 0.15) is 12.2 Å². The Morgan fingerprint density at radius 2 is 1.91 bits per heavy atom. The van der Waals surface area contributed by atoms with Crippen LogP contribution >= 0.6 is 11.6 Å². The molecule has 1 aliphatic carbocycles. The zero-order valence-electron chi connectivity index (χ0n) is 20.3. The summed E-state index contributed by atoms with van der Waals surface area (Å²) in [4.78, 5) is 23.4. The van der Waals surface area contributed by atoms with Gasteiger partial charge in [0, 0.05) is 22.3 Å². The smallest absolute Gasteiger partial charge is 0.314 e. The van der Waals surface area contributed by atoms with Gasteiger partial charge in [-0.05, 0) is 64.2 Å². The molecule has 0 saturated heterocycles. The van der Waals surface area contributed by atoms with Gasteiger partial charge in [0.25, 0.3) is 0 Å². The minimum atomic E-state index is -0.277. The molecule has 0 bridgehead atoms. The number of halogens is 1. The van der Waals surface area contributed by atoms with E-state index in [2.05, 4.69) is 10.3 Å². The average Bonchev–Trinajstić information content (AvgIpc) is 3.30. The van der Waals surface area contributed by atoms with Gasteiger partial charge in [-0.15, -0.1) is 5.01 Å². The zero-order chi connectivity index (χ0) is 24.9. The summed E-state index contributed by atoms with van der Waals surface area (Å²) < 4.78 is 11.9. The molecule has 1 aromatic carbocycles. The van der Waals surface area contributed by atoms with E-state index in [0.717, 1.165) is 16.7 Å². The highest BCUT2D eigenvalue weighted by atomic mass is 35.5. The first-order valence-corrected chi connectivity index (χ1v) is 12.4. The third-order valence-electron chi connectivity index (χ3n) is 6.65. The highest BCUT2D eigenvalue weighted by Gasteiger charge is 2.33. The lowest BCUT2D eigenvalue weighted by Gasteiger charge is -2.25. The molecule has 0 amide bonds. The molecular weight excluding hydrogens is 472 g/mol. The SMILES string of the molecule is CCN(CC)/[N+]([O-])=N/OC1CCC(C(=O)Oc2c(C)ncc3c2CO[C@H]3c2ccc(Cl)cc2)CC1. The minimum absolute atomic E-state index is 0.191. The topological polar surface area (TPSA) is 99.3 Å². The number of ether oxygens (including phenoxy) is 2. The van der Waals surface area contributed by atoms with Crippen molar-refractivity contribution in [1.82, 2.24) is 9.99 Å². The lowest BCUT2D eigenvalue weighted by atomic mass is 9.87. The van der Waals surface area contributed by atoms with Crippen molar-refractivity contribution in [3.8, 4) is 5.75 Å². The van der Waals surface area contributed by atoms with Crippen molar-refractivity contribution in [2.24, 2.45) is 11.2 Å². The van der Waals surface area contributed by atoms with E-state index in [1.807, 2.05) is 45.0 Å². The van der Waals surface area contributed by atoms with E-state index >= 15 is 0 Å². The Morgan fingerprint density at radius 1 is 1.23 bits per heavy atom. The van der Waals surface area contributed by atoms with E-state index in [9.17, 15) is 10.0 Å². The number of hydrazine groups is 1. The van der Waals surface area contributed by atoms with Gasteiger partial charge >= 0.3 is 5.97 Å². The summed E-state index contributed by atoms with van der Waals surface area (Å²) in [5.74, 6) is -0.0357. The van der Waals surface area contributed by atoms with Crippen molar-refractivity contribution in [3.63, 3.8) is 0 Å². The Bertz CT molecular complexity index is 1070. The van der Waals surface area contributed by atoms with Gasteiger partial charge in [-0.25, -0.2) is 0 Å². The second kappa shape index (κ2) is 11.2. The highest BCUT2D eigenvalue weighted by Crippen LogP contribution is 2.41. The van der Waals surface area contributed by atoms with Crippen LogP contribution in [0.4, 0.5) is 0 Å². The number of benzene rings is 1. The minimum Gasteiger partial charge on any atom is -0.569 e. The van der Waals surface area contributed by atoms with Crippen LogP contribution in [0.2, 0.25) is 5.02 Å². The van der Waals surface area contributed by atoms with Crippen LogP contribution in [0, 0.1) is 18.0 Å². The van der Waals surface area contributed by atoms with Crippen LogP contribution in [0.5, 0.6) is 5.75 Å². The maximum absolute atomic E-state index is 13.0. The molecule has 9 nitrogen and oxygen atoms in total. The van der Waals surface area contributed by atoms with Crippen LogP contribution in [0.25, 0.3) is 0 Å². The molecule has 2 heterocycles. The predicted molar refractivity (Wildman–Crippen MR) is 129 cm³/mol. The zero-order valence-corrected chi connectivity index (χ0v) is 21.0. The van der Waals surface area contributed by atoms with Gasteiger partial charge in [-0.1, -0.05) is 23.7 Å². The summed E-state index contributed by atoms with van der Waals surface area (Å²) in [6.07, 6.45) is 3.79. The third kappa shape index (κ3) is 5.67. The number of rotatable bonds is 8. The van der Waals surface area contributed by atoms with Crippen molar-refractivity contribution in [1.29, 1.82) is 0 Å². The number of aromatic nitrogens is 1. The summed E-state index contributed by atoms with van der Waals surface area (Å²) in [5.41, 5.74) is 3.38. The van der Waals surface area contributed by atoms with Crippen molar-refractivity contribution in [3.05, 3.63) is 63.1 Å². The van der Waals surface area contributed by atoms with Crippen LogP contribution in [-0.2, 0) is 21.0 Å². The Labute approximate surface area is 210 Å². The number of esters is 1. The first-order chi connectivity index (χ1) is 16.9. The van der Waals surface area contributed by atoms with E-state index < -0.39 is 0 Å². The molecule has 2 aromatic rings.